The molecule has 0 saturated carbocycles. The Morgan fingerprint density at radius 1 is 0.727 bits per heavy atom. The third-order valence-corrected chi connectivity index (χ3v) is 4.51. The van der Waals surface area contributed by atoms with Crippen molar-refractivity contribution < 1.29 is 0 Å². The predicted octanol–water partition coefficient (Wildman–Crippen LogP) is 4.37. The fourth-order valence-electron chi connectivity index (χ4n) is 3.60. The van der Waals surface area contributed by atoms with Crippen LogP contribution >= 0.6 is 0 Å². The summed E-state index contributed by atoms with van der Waals surface area (Å²) in [6, 6.07) is 8.79. The first-order valence-corrected chi connectivity index (χ1v) is 7.42. The number of hydrogen-bond acceptors (Lipinski definition) is 1. The summed E-state index contributed by atoms with van der Waals surface area (Å²) >= 11 is 0. The van der Waals surface area contributed by atoms with Gasteiger partial charge in [0.05, 0.1) is 5.52 Å². The van der Waals surface area contributed by atoms with E-state index in [1.807, 2.05) is 12.3 Å². The lowest BCUT2D eigenvalue weighted by Crippen LogP contribution is -1.83. The highest BCUT2D eigenvalue weighted by molar-refractivity contribution is 6.26. The summed E-state index contributed by atoms with van der Waals surface area (Å²) in [5.74, 6) is 0. The zero-order valence-electron chi connectivity index (χ0n) is 12.5. The van der Waals surface area contributed by atoms with Crippen LogP contribution in [-0.2, 0) is 14.1 Å². The molecule has 2 aromatic carbocycles. The van der Waals surface area contributed by atoms with Crippen LogP contribution in [0, 0.1) is 0 Å². The second-order valence-electron chi connectivity index (χ2n) is 6.10. The van der Waals surface area contributed by atoms with Crippen LogP contribution in [0.15, 0.2) is 55.2 Å². The van der Waals surface area contributed by atoms with Gasteiger partial charge in [-0.25, -0.2) is 0 Å². The van der Waals surface area contributed by atoms with Gasteiger partial charge in [-0.3, -0.25) is 4.98 Å². The van der Waals surface area contributed by atoms with Gasteiger partial charge in [-0.15, -0.1) is 0 Å². The van der Waals surface area contributed by atoms with E-state index in [0.29, 0.717) is 0 Å². The van der Waals surface area contributed by atoms with E-state index >= 15 is 0 Å². The topological polar surface area (TPSA) is 22.8 Å². The highest BCUT2D eigenvalue weighted by Crippen LogP contribution is 2.36. The summed E-state index contributed by atoms with van der Waals surface area (Å²) in [5, 5.41) is 8.85. The number of benzene rings is 2. The Hall–Kier alpha value is -2.81. The molecule has 3 heteroatoms. The molecule has 5 rings (SSSR count). The van der Waals surface area contributed by atoms with Gasteiger partial charge in [0.2, 0.25) is 0 Å². The largest absolute Gasteiger partial charge is 0.356 e. The molecule has 0 unspecified atom stereocenters. The van der Waals surface area contributed by atoms with E-state index in [0.717, 1.165) is 5.52 Å². The Bertz CT molecular complexity index is 1190. The first-order chi connectivity index (χ1) is 10.7. The SMILES string of the molecule is Cn1cc2cc3c(cc2c1)c1cccnc1c1cn(C)cc31. The fraction of sp³-hybridized carbons (Fsp3) is 0.105. The zero-order chi connectivity index (χ0) is 14.8. The summed E-state index contributed by atoms with van der Waals surface area (Å²) in [6.07, 6.45) is 10.6. The van der Waals surface area contributed by atoms with Crippen LogP contribution in [0.25, 0.3) is 43.2 Å². The van der Waals surface area contributed by atoms with Gasteiger partial charge in [-0.2, -0.15) is 0 Å². The average Bonchev–Trinajstić information content (AvgIpc) is 3.07. The molecule has 0 fully saturated rings. The molecule has 0 aliphatic rings. The van der Waals surface area contributed by atoms with Crippen molar-refractivity contribution >= 4 is 43.2 Å². The van der Waals surface area contributed by atoms with E-state index in [1.165, 1.54) is 37.7 Å². The van der Waals surface area contributed by atoms with E-state index in [9.17, 15) is 0 Å². The summed E-state index contributed by atoms with van der Waals surface area (Å²) in [7, 11) is 4.14. The van der Waals surface area contributed by atoms with E-state index < -0.39 is 0 Å². The molecule has 0 bridgehead atoms. The summed E-state index contributed by atoms with van der Waals surface area (Å²) in [5.41, 5.74) is 1.08. The van der Waals surface area contributed by atoms with Gasteiger partial charge in [0.15, 0.2) is 0 Å². The summed E-state index contributed by atoms with van der Waals surface area (Å²) in [6.45, 7) is 0. The molecular weight excluding hydrogens is 270 g/mol. The number of aryl methyl sites for hydroxylation is 2. The monoisotopic (exact) mass is 285 g/mol. The lowest BCUT2D eigenvalue weighted by molar-refractivity contribution is 0.933. The predicted molar refractivity (Wildman–Crippen MR) is 92.2 cm³/mol. The Morgan fingerprint density at radius 3 is 2.14 bits per heavy atom. The van der Waals surface area contributed by atoms with Crippen molar-refractivity contribution in [2.45, 2.75) is 0 Å². The maximum atomic E-state index is 4.64. The zero-order valence-corrected chi connectivity index (χ0v) is 12.5. The second kappa shape index (κ2) is 3.89. The molecule has 0 amide bonds. The number of nitrogens with zero attached hydrogens (tertiary/aromatic N) is 3. The molecule has 0 aliphatic carbocycles. The summed E-state index contributed by atoms with van der Waals surface area (Å²) < 4.78 is 4.24. The van der Waals surface area contributed by atoms with Crippen molar-refractivity contribution in [1.82, 2.24) is 14.1 Å². The van der Waals surface area contributed by atoms with Gasteiger partial charge in [-0.05, 0) is 39.7 Å². The van der Waals surface area contributed by atoms with Crippen LogP contribution in [0.2, 0.25) is 0 Å². The van der Waals surface area contributed by atoms with Crippen molar-refractivity contribution in [3.8, 4) is 0 Å². The minimum Gasteiger partial charge on any atom is -0.356 e. The molecule has 22 heavy (non-hydrogen) atoms. The van der Waals surface area contributed by atoms with Gasteiger partial charge >= 0.3 is 0 Å². The number of pyridine rings is 1. The Labute approximate surface area is 127 Å². The van der Waals surface area contributed by atoms with Gasteiger partial charge in [0, 0.05) is 61.2 Å². The number of fused-ring (bicyclic) bond motifs is 7. The van der Waals surface area contributed by atoms with Crippen molar-refractivity contribution in [1.29, 1.82) is 0 Å². The normalized spacial score (nSPS) is 12.1. The van der Waals surface area contributed by atoms with Crippen LogP contribution in [0.3, 0.4) is 0 Å². The standard InChI is InChI=1S/C19H15N3/c1-21-8-12-6-15-14-4-3-5-20-19(14)18-11-22(2)10-17(18)16(15)7-13(12)9-21/h3-11H,1-2H3. The Balaban J connectivity index is 2.16. The third-order valence-electron chi connectivity index (χ3n) is 4.51. The van der Waals surface area contributed by atoms with Crippen LogP contribution in [0.5, 0.6) is 0 Å². The number of hydrogen-bond donors (Lipinski definition) is 0. The molecule has 0 radical (unpaired) electrons. The van der Waals surface area contributed by atoms with Crippen molar-refractivity contribution in [2.75, 3.05) is 0 Å². The van der Waals surface area contributed by atoms with E-state index in [4.69, 9.17) is 0 Å². The van der Waals surface area contributed by atoms with E-state index in [-0.39, 0.29) is 0 Å². The van der Waals surface area contributed by atoms with Gasteiger partial charge in [-0.1, -0.05) is 6.07 Å². The molecule has 3 nitrogen and oxygen atoms in total. The molecule has 0 atom stereocenters. The molecule has 0 spiro atoms. The lowest BCUT2D eigenvalue weighted by atomic mass is 9.98. The van der Waals surface area contributed by atoms with Gasteiger partial charge in [0.25, 0.3) is 0 Å². The lowest BCUT2D eigenvalue weighted by Gasteiger charge is -2.06. The van der Waals surface area contributed by atoms with Crippen LogP contribution in [-0.4, -0.2) is 14.1 Å². The van der Waals surface area contributed by atoms with E-state index in [1.54, 1.807) is 0 Å². The fourth-order valence-corrected chi connectivity index (χ4v) is 3.60. The van der Waals surface area contributed by atoms with Gasteiger partial charge < -0.3 is 9.13 Å². The Kier molecular flexibility index (Phi) is 2.09. The molecule has 0 N–H and O–H groups in total. The molecule has 3 aromatic heterocycles. The van der Waals surface area contributed by atoms with Crippen molar-refractivity contribution in [2.24, 2.45) is 14.1 Å². The summed E-state index contributed by atoms with van der Waals surface area (Å²) in [4.78, 5) is 4.64. The number of aromatic nitrogens is 3. The Morgan fingerprint density at radius 2 is 1.36 bits per heavy atom. The quantitative estimate of drug-likeness (QED) is 0.387. The van der Waals surface area contributed by atoms with E-state index in [2.05, 4.69) is 71.2 Å². The minimum atomic E-state index is 1.08. The molecular formula is C19H15N3. The first-order valence-electron chi connectivity index (χ1n) is 7.42. The highest BCUT2D eigenvalue weighted by Gasteiger charge is 2.12. The maximum absolute atomic E-state index is 4.64. The molecule has 106 valence electrons. The highest BCUT2D eigenvalue weighted by atomic mass is 14.9. The van der Waals surface area contributed by atoms with Crippen LogP contribution in [0.4, 0.5) is 0 Å². The molecule has 0 aliphatic heterocycles. The van der Waals surface area contributed by atoms with Crippen LogP contribution in [0.1, 0.15) is 0 Å². The van der Waals surface area contributed by atoms with Gasteiger partial charge in [0.1, 0.15) is 0 Å². The smallest absolute Gasteiger partial charge is 0.0802 e. The van der Waals surface area contributed by atoms with Crippen molar-refractivity contribution in [3.05, 3.63) is 55.2 Å². The molecule has 0 saturated heterocycles. The minimum absolute atomic E-state index is 1.08. The maximum Gasteiger partial charge on any atom is 0.0802 e. The first kappa shape index (κ1) is 11.8. The molecule has 3 heterocycles. The average molecular weight is 285 g/mol. The molecule has 5 aromatic rings. The second-order valence-corrected chi connectivity index (χ2v) is 6.10. The van der Waals surface area contributed by atoms with Crippen LogP contribution < -0.4 is 0 Å². The number of rotatable bonds is 0. The van der Waals surface area contributed by atoms with Crippen molar-refractivity contribution in [3.63, 3.8) is 0 Å². The third kappa shape index (κ3) is 1.43.